The van der Waals surface area contributed by atoms with Gasteiger partial charge in [0.1, 0.15) is 5.69 Å². The topological polar surface area (TPSA) is 68.0 Å². The van der Waals surface area contributed by atoms with E-state index < -0.39 is 5.54 Å². The van der Waals surface area contributed by atoms with E-state index >= 15 is 0 Å². The third kappa shape index (κ3) is 3.28. The zero-order chi connectivity index (χ0) is 11.5. The monoisotopic (exact) mass is 271 g/mol. The third-order valence-electron chi connectivity index (χ3n) is 1.94. The van der Waals surface area contributed by atoms with Gasteiger partial charge in [-0.15, -0.1) is 0 Å². The Labute approximate surface area is 97.4 Å². The molecule has 3 N–H and O–H groups in total. The molecule has 1 rings (SSSR count). The smallest absolute Gasteiger partial charge is 0.271 e. The summed E-state index contributed by atoms with van der Waals surface area (Å²) >= 11 is 3.27. The number of nitrogens with two attached hydrogens (primary N) is 1. The van der Waals surface area contributed by atoms with Crippen LogP contribution in [0.5, 0.6) is 0 Å². The van der Waals surface area contributed by atoms with Gasteiger partial charge in [-0.3, -0.25) is 4.79 Å². The molecule has 0 aliphatic carbocycles. The lowest BCUT2D eigenvalue weighted by atomic mass is 10.1. The Kier molecular flexibility index (Phi) is 3.82. The number of hydrogen-bond acceptors (Lipinski definition) is 3. The maximum atomic E-state index is 11.8. The molecule has 15 heavy (non-hydrogen) atoms. The third-order valence-corrected chi connectivity index (χ3v) is 2.58. The van der Waals surface area contributed by atoms with E-state index in [0.29, 0.717) is 16.7 Å². The molecule has 0 saturated carbocycles. The number of halogens is 1. The van der Waals surface area contributed by atoms with Gasteiger partial charge in [0.05, 0.1) is 0 Å². The second kappa shape index (κ2) is 4.72. The van der Waals surface area contributed by atoms with Gasteiger partial charge in [-0.1, -0.05) is 0 Å². The predicted octanol–water partition coefficient (Wildman–Crippen LogP) is 1.31. The van der Waals surface area contributed by atoms with Crippen LogP contribution in [0, 0.1) is 0 Å². The van der Waals surface area contributed by atoms with Gasteiger partial charge in [-0.05, 0) is 41.9 Å². The SMILES string of the molecule is CC(C)(CN)NC(=O)c1ncccc1Br. The fourth-order valence-electron chi connectivity index (χ4n) is 0.970. The van der Waals surface area contributed by atoms with E-state index in [9.17, 15) is 4.79 Å². The van der Waals surface area contributed by atoms with Crippen LogP contribution in [0.2, 0.25) is 0 Å². The molecule has 0 radical (unpaired) electrons. The van der Waals surface area contributed by atoms with Gasteiger partial charge < -0.3 is 11.1 Å². The zero-order valence-corrected chi connectivity index (χ0v) is 10.3. The average Bonchev–Trinajstić information content (AvgIpc) is 2.17. The number of carbonyl (C=O) groups is 1. The molecule has 1 aromatic rings. The Morgan fingerprint density at radius 2 is 2.33 bits per heavy atom. The van der Waals surface area contributed by atoms with Crippen LogP contribution in [-0.4, -0.2) is 23.0 Å². The lowest BCUT2D eigenvalue weighted by Gasteiger charge is -2.24. The number of nitrogens with zero attached hydrogens (tertiary/aromatic N) is 1. The Morgan fingerprint density at radius 3 is 2.87 bits per heavy atom. The highest BCUT2D eigenvalue weighted by molar-refractivity contribution is 9.10. The van der Waals surface area contributed by atoms with E-state index in [4.69, 9.17) is 5.73 Å². The lowest BCUT2D eigenvalue weighted by Crippen LogP contribution is -2.49. The normalized spacial score (nSPS) is 11.2. The predicted molar refractivity (Wildman–Crippen MR) is 62.5 cm³/mol. The first-order valence-corrected chi connectivity index (χ1v) is 5.39. The Bertz CT molecular complexity index is 365. The maximum absolute atomic E-state index is 11.8. The van der Waals surface area contributed by atoms with Gasteiger partial charge in [0.15, 0.2) is 0 Å². The largest absolute Gasteiger partial charge is 0.345 e. The van der Waals surface area contributed by atoms with Crippen molar-refractivity contribution in [2.45, 2.75) is 19.4 Å². The molecule has 0 bridgehead atoms. The summed E-state index contributed by atoms with van der Waals surface area (Å²) in [5.41, 5.74) is 5.48. The van der Waals surface area contributed by atoms with E-state index in [0.717, 1.165) is 0 Å². The number of pyridine rings is 1. The van der Waals surface area contributed by atoms with Crippen molar-refractivity contribution in [1.82, 2.24) is 10.3 Å². The summed E-state index contributed by atoms with van der Waals surface area (Å²) in [6.45, 7) is 4.10. The van der Waals surface area contributed by atoms with Crippen molar-refractivity contribution in [3.05, 3.63) is 28.5 Å². The molecule has 1 heterocycles. The lowest BCUT2D eigenvalue weighted by molar-refractivity contribution is 0.0909. The van der Waals surface area contributed by atoms with Crippen LogP contribution >= 0.6 is 15.9 Å². The maximum Gasteiger partial charge on any atom is 0.271 e. The summed E-state index contributed by atoms with van der Waals surface area (Å²) in [7, 11) is 0. The summed E-state index contributed by atoms with van der Waals surface area (Å²) in [5.74, 6) is -0.224. The number of aromatic nitrogens is 1. The molecule has 1 amide bonds. The highest BCUT2D eigenvalue weighted by Crippen LogP contribution is 2.13. The molecular formula is C10H14BrN3O. The minimum Gasteiger partial charge on any atom is -0.345 e. The second-order valence-corrected chi connectivity index (χ2v) is 4.73. The fraction of sp³-hybridized carbons (Fsp3) is 0.400. The molecule has 4 nitrogen and oxygen atoms in total. The van der Waals surface area contributed by atoms with Crippen LogP contribution in [0.4, 0.5) is 0 Å². The first kappa shape index (κ1) is 12.1. The Balaban J connectivity index is 2.83. The highest BCUT2D eigenvalue weighted by atomic mass is 79.9. The zero-order valence-electron chi connectivity index (χ0n) is 8.75. The van der Waals surface area contributed by atoms with Crippen LogP contribution < -0.4 is 11.1 Å². The molecule has 0 aliphatic heterocycles. The fourth-order valence-corrected chi connectivity index (χ4v) is 1.41. The van der Waals surface area contributed by atoms with E-state index in [1.807, 2.05) is 13.8 Å². The number of amides is 1. The molecule has 1 aromatic heterocycles. The van der Waals surface area contributed by atoms with E-state index in [-0.39, 0.29) is 5.91 Å². The van der Waals surface area contributed by atoms with Crippen molar-refractivity contribution in [2.75, 3.05) is 6.54 Å². The van der Waals surface area contributed by atoms with Crippen molar-refractivity contribution in [2.24, 2.45) is 5.73 Å². The molecule has 0 aromatic carbocycles. The molecule has 0 spiro atoms. The van der Waals surface area contributed by atoms with Gasteiger partial charge in [-0.25, -0.2) is 4.98 Å². The summed E-state index contributed by atoms with van der Waals surface area (Å²) in [4.78, 5) is 15.8. The molecule has 0 saturated heterocycles. The van der Waals surface area contributed by atoms with Crippen LogP contribution in [0.15, 0.2) is 22.8 Å². The van der Waals surface area contributed by atoms with Gasteiger partial charge in [0.2, 0.25) is 0 Å². The first-order chi connectivity index (χ1) is 6.96. The van der Waals surface area contributed by atoms with Crippen LogP contribution in [-0.2, 0) is 0 Å². The van der Waals surface area contributed by atoms with Crippen molar-refractivity contribution >= 4 is 21.8 Å². The minimum atomic E-state index is -0.423. The Morgan fingerprint density at radius 1 is 1.67 bits per heavy atom. The van der Waals surface area contributed by atoms with E-state index in [2.05, 4.69) is 26.2 Å². The average molecular weight is 272 g/mol. The quantitative estimate of drug-likeness (QED) is 0.871. The molecule has 82 valence electrons. The van der Waals surface area contributed by atoms with Gasteiger partial charge in [-0.2, -0.15) is 0 Å². The van der Waals surface area contributed by atoms with Crippen LogP contribution in [0.3, 0.4) is 0 Å². The standard InChI is InChI=1S/C10H14BrN3O/c1-10(2,6-12)14-9(15)8-7(11)4-3-5-13-8/h3-5H,6,12H2,1-2H3,(H,14,15). The number of hydrogen-bond donors (Lipinski definition) is 2. The van der Waals surface area contributed by atoms with Crippen molar-refractivity contribution < 1.29 is 4.79 Å². The molecule has 5 heteroatoms. The van der Waals surface area contributed by atoms with Gasteiger partial charge in [0.25, 0.3) is 5.91 Å². The van der Waals surface area contributed by atoms with Crippen molar-refractivity contribution in [3.63, 3.8) is 0 Å². The summed E-state index contributed by atoms with van der Waals surface area (Å²) in [6.07, 6.45) is 1.58. The minimum absolute atomic E-state index is 0.224. The molecule has 0 unspecified atom stereocenters. The summed E-state index contributed by atoms with van der Waals surface area (Å²) in [5, 5.41) is 2.81. The van der Waals surface area contributed by atoms with E-state index in [1.54, 1.807) is 18.3 Å². The highest BCUT2D eigenvalue weighted by Gasteiger charge is 2.21. The van der Waals surface area contributed by atoms with Gasteiger partial charge in [0, 0.05) is 22.8 Å². The molecular weight excluding hydrogens is 258 g/mol. The van der Waals surface area contributed by atoms with Crippen LogP contribution in [0.1, 0.15) is 24.3 Å². The number of rotatable bonds is 3. The second-order valence-electron chi connectivity index (χ2n) is 3.88. The Hall–Kier alpha value is -0.940. The van der Waals surface area contributed by atoms with Crippen molar-refractivity contribution in [3.8, 4) is 0 Å². The molecule has 0 atom stereocenters. The summed E-state index contributed by atoms with van der Waals surface area (Å²) < 4.78 is 0.676. The van der Waals surface area contributed by atoms with Crippen molar-refractivity contribution in [1.29, 1.82) is 0 Å². The molecule has 0 fully saturated rings. The van der Waals surface area contributed by atoms with Crippen LogP contribution in [0.25, 0.3) is 0 Å². The molecule has 0 aliphatic rings. The van der Waals surface area contributed by atoms with E-state index in [1.165, 1.54) is 0 Å². The summed E-state index contributed by atoms with van der Waals surface area (Å²) in [6, 6.07) is 3.53. The van der Waals surface area contributed by atoms with Gasteiger partial charge >= 0.3 is 0 Å². The number of nitrogens with one attached hydrogen (secondary N) is 1. The number of carbonyl (C=O) groups excluding carboxylic acids is 1. The first-order valence-electron chi connectivity index (χ1n) is 4.59.